The van der Waals surface area contributed by atoms with E-state index >= 15 is 0 Å². The number of rotatable bonds is 2. The molecule has 98 valence electrons. The highest BCUT2D eigenvalue weighted by Gasteiger charge is 2.06. The second-order valence-electron chi connectivity index (χ2n) is 3.61. The molecular weight excluding hydrogens is 242 g/mol. The first-order valence-corrected chi connectivity index (χ1v) is 5.62. The van der Waals surface area contributed by atoms with E-state index in [0.29, 0.717) is 11.3 Å². The van der Waals surface area contributed by atoms with Gasteiger partial charge in [0.2, 0.25) is 0 Å². The van der Waals surface area contributed by atoms with Gasteiger partial charge in [-0.05, 0) is 12.1 Å². The van der Waals surface area contributed by atoms with Gasteiger partial charge in [-0.1, -0.05) is 42.5 Å². The molecule has 2 rings (SSSR count). The van der Waals surface area contributed by atoms with Gasteiger partial charge in [0.15, 0.2) is 0 Å². The highest BCUT2D eigenvalue weighted by molar-refractivity contribution is 5.94. The molecule has 0 aliphatic heterocycles. The molecule has 0 spiro atoms. The normalized spacial score (nSPS) is 8.89. The van der Waals surface area contributed by atoms with Crippen LogP contribution in [0.4, 0.5) is 5.69 Å². The van der Waals surface area contributed by atoms with Crippen molar-refractivity contribution in [1.82, 2.24) is 0 Å². The van der Waals surface area contributed by atoms with Gasteiger partial charge in [-0.3, -0.25) is 4.79 Å². The number of hydrogen-bond acceptors (Lipinski definition) is 4. The Kier molecular flexibility index (Phi) is 5.82. The van der Waals surface area contributed by atoms with E-state index in [1.54, 1.807) is 36.4 Å². The van der Waals surface area contributed by atoms with Gasteiger partial charge in [0.1, 0.15) is 6.29 Å². The van der Waals surface area contributed by atoms with Crippen molar-refractivity contribution in [3.8, 4) is 0 Å². The van der Waals surface area contributed by atoms with Gasteiger partial charge < -0.3 is 10.5 Å². The molecule has 4 heteroatoms. The molecular formula is C15H15NO3. The first kappa shape index (κ1) is 14.4. The van der Waals surface area contributed by atoms with Crippen LogP contribution in [0.3, 0.4) is 0 Å². The van der Waals surface area contributed by atoms with E-state index < -0.39 is 5.97 Å². The molecule has 0 atom stereocenters. The van der Waals surface area contributed by atoms with E-state index in [1.165, 1.54) is 7.11 Å². The minimum atomic E-state index is -0.400. The number of aldehydes is 1. The lowest BCUT2D eigenvalue weighted by atomic mass is 10.2. The Morgan fingerprint density at radius 2 is 1.63 bits per heavy atom. The maximum atomic E-state index is 10.9. The molecule has 0 unspecified atom stereocenters. The van der Waals surface area contributed by atoms with Crippen LogP contribution in [0.25, 0.3) is 0 Å². The van der Waals surface area contributed by atoms with E-state index in [1.807, 2.05) is 18.2 Å². The molecule has 2 N–H and O–H groups in total. The molecule has 0 fully saturated rings. The largest absolute Gasteiger partial charge is 0.465 e. The van der Waals surface area contributed by atoms with Crippen molar-refractivity contribution < 1.29 is 14.3 Å². The average Bonchev–Trinajstić information content (AvgIpc) is 2.48. The third kappa shape index (κ3) is 4.63. The molecule has 19 heavy (non-hydrogen) atoms. The number of methoxy groups -OCH3 is 1. The summed E-state index contributed by atoms with van der Waals surface area (Å²) in [5.74, 6) is -0.400. The van der Waals surface area contributed by atoms with Crippen LogP contribution < -0.4 is 5.73 Å². The number of anilines is 1. The molecule has 0 saturated heterocycles. The Hall–Kier alpha value is -2.62. The van der Waals surface area contributed by atoms with Crippen LogP contribution in [0.1, 0.15) is 20.7 Å². The van der Waals surface area contributed by atoms with Crippen LogP contribution in [0, 0.1) is 0 Å². The summed E-state index contributed by atoms with van der Waals surface area (Å²) < 4.78 is 4.50. The first-order chi connectivity index (χ1) is 9.19. The topological polar surface area (TPSA) is 69.4 Å². The van der Waals surface area contributed by atoms with Crippen LogP contribution in [-0.4, -0.2) is 19.4 Å². The van der Waals surface area contributed by atoms with Gasteiger partial charge in [-0.25, -0.2) is 4.79 Å². The zero-order valence-corrected chi connectivity index (χ0v) is 10.6. The van der Waals surface area contributed by atoms with Gasteiger partial charge >= 0.3 is 5.97 Å². The fourth-order valence-electron chi connectivity index (χ4n) is 1.32. The number of carbonyl (C=O) groups excluding carboxylic acids is 2. The molecule has 0 amide bonds. The number of para-hydroxylation sites is 1. The predicted octanol–water partition coefficient (Wildman–Crippen LogP) is 2.55. The maximum absolute atomic E-state index is 10.9. The van der Waals surface area contributed by atoms with Crippen molar-refractivity contribution in [2.45, 2.75) is 0 Å². The van der Waals surface area contributed by atoms with Gasteiger partial charge in [0, 0.05) is 11.3 Å². The van der Waals surface area contributed by atoms with Crippen LogP contribution in [0.2, 0.25) is 0 Å². The lowest BCUT2D eigenvalue weighted by Crippen LogP contribution is -2.04. The summed E-state index contributed by atoms with van der Waals surface area (Å²) >= 11 is 0. The first-order valence-electron chi connectivity index (χ1n) is 5.62. The van der Waals surface area contributed by atoms with E-state index in [-0.39, 0.29) is 0 Å². The molecule has 2 aromatic carbocycles. The summed E-state index contributed by atoms with van der Waals surface area (Å²) in [4.78, 5) is 20.9. The minimum absolute atomic E-state index is 0.400. The summed E-state index contributed by atoms with van der Waals surface area (Å²) in [5.41, 5.74) is 7.08. The molecule has 0 saturated carbocycles. The van der Waals surface area contributed by atoms with Crippen molar-refractivity contribution >= 4 is 17.9 Å². The second-order valence-corrected chi connectivity index (χ2v) is 3.61. The van der Waals surface area contributed by atoms with Crippen LogP contribution in [-0.2, 0) is 4.74 Å². The van der Waals surface area contributed by atoms with E-state index in [9.17, 15) is 9.59 Å². The van der Waals surface area contributed by atoms with Crippen molar-refractivity contribution in [2.24, 2.45) is 0 Å². The van der Waals surface area contributed by atoms with E-state index in [0.717, 1.165) is 11.8 Å². The number of nitrogen functional groups attached to an aromatic ring is 1. The highest BCUT2D eigenvalue weighted by atomic mass is 16.5. The van der Waals surface area contributed by atoms with Crippen LogP contribution in [0.15, 0.2) is 54.6 Å². The van der Waals surface area contributed by atoms with Gasteiger partial charge in [-0.2, -0.15) is 0 Å². The number of nitrogens with two attached hydrogens (primary N) is 1. The van der Waals surface area contributed by atoms with Crippen LogP contribution in [0.5, 0.6) is 0 Å². The minimum Gasteiger partial charge on any atom is -0.465 e. The Bertz CT molecular complexity index is 538. The fourth-order valence-corrected chi connectivity index (χ4v) is 1.32. The summed E-state index contributed by atoms with van der Waals surface area (Å²) in [7, 11) is 1.33. The zero-order valence-electron chi connectivity index (χ0n) is 10.6. The maximum Gasteiger partial charge on any atom is 0.339 e. The highest BCUT2D eigenvalue weighted by Crippen LogP contribution is 2.10. The SMILES string of the molecule is COC(=O)c1ccccc1N.O=Cc1ccccc1. The van der Waals surface area contributed by atoms with Gasteiger partial charge in [-0.15, -0.1) is 0 Å². The van der Waals surface area contributed by atoms with Crippen molar-refractivity contribution in [1.29, 1.82) is 0 Å². The third-order valence-electron chi connectivity index (χ3n) is 2.30. The summed E-state index contributed by atoms with van der Waals surface area (Å²) in [6.45, 7) is 0. The van der Waals surface area contributed by atoms with Gasteiger partial charge in [0.25, 0.3) is 0 Å². The second kappa shape index (κ2) is 7.66. The van der Waals surface area contributed by atoms with E-state index in [4.69, 9.17) is 5.73 Å². The fraction of sp³-hybridized carbons (Fsp3) is 0.0667. The Morgan fingerprint density at radius 1 is 1.05 bits per heavy atom. The summed E-state index contributed by atoms with van der Waals surface area (Å²) in [6, 6.07) is 15.9. The molecule has 0 aromatic heterocycles. The Labute approximate surface area is 111 Å². The molecule has 0 heterocycles. The third-order valence-corrected chi connectivity index (χ3v) is 2.30. The molecule has 0 aliphatic carbocycles. The number of esters is 1. The standard InChI is InChI=1S/C8H9NO2.C7H6O/c1-11-8(10)6-4-2-3-5-7(6)9;8-6-7-4-2-1-3-5-7/h2-5H,9H2,1H3;1-6H. The predicted molar refractivity (Wildman–Crippen MR) is 74.0 cm³/mol. The quantitative estimate of drug-likeness (QED) is 0.510. The van der Waals surface area contributed by atoms with Crippen molar-refractivity contribution in [3.63, 3.8) is 0 Å². The molecule has 2 aromatic rings. The monoisotopic (exact) mass is 257 g/mol. The Balaban J connectivity index is 0.000000200. The average molecular weight is 257 g/mol. The molecule has 0 radical (unpaired) electrons. The summed E-state index contributed by atoms with van der Waals surface area (Å²) in [6.07, 6.45) is 0.833. The van der Waals surface area contributed by atoms with Crippen molar-refractivity contribution in [3.05, 3.63) is 65.7 Å². The number of ether oxygens (including phenoxy) is 1. The zero-order chi connectivity index (χ0) is 14.1. The Morgan fingerprint density at radius 3 is 2.11 bits per heavy atom. The molecule has 0 aliphatic rings. The molecule has 4 nitrogen and oxygen atoms in total. The number of hydrogen-bond donors (Lipinski definition) is 1. The van der Waals surface area contributed by atoms with Crippen molar-refractivity contribution in [2.75, 3.05) is 12.8 Å². The molecule has 0 bridgehead atoms. The lowest BCUT2D eigenvalue weighted by Gasteiger charge is -2.00. The summed E-state index contributed by atoms with van der Waals surface area (Å²) in [5, 5.41) is 0. The number of carbonyl (C=O) groups is 2. The lowest BCUT2D eigenvalue weighted by molar-refractivity contribution is 0.0602. The number of benzene rings is 2. The van der Waals surface area contributed by atoms with Gasteiger partial charge in [0.05, 0.1) is 12.7 Å². The smallest absolute Gasteiger partial charge is 0.339 e. The van der Waals surface area contributed by atoms with E-state index in [2.05, 4.69) is 4.74 Å². The van der Waals surface area contributed by atoms with Crippen LogP contribution >= 0.6 is 0 Å².